The molecule has 0 fully saturated rings. The van der Waals surface area contributed by atoms with Gasteiger partial charge in [-0.15, -0.1) is 0 Å². The zero-order valence-electron chi connectivity index (χ0n) is 15.6. The smallest absolute Gasteiger partial charge is 0.370 e. The topological polar surface area (TPSA) is 67.5 Å². The van der Waals surface area contributed by atoms with Crippen LogP contribution in [-0.4, -0.2) is 17.0 Å². The summed E-state index contributed by atoms with van der Waals surface area (Å²) >= 11 is 6.23. The number of ether oxygens (including phenoxy) is 1. The molecule has 1 N–H and O–H groups in total. The highest BCUT2D eigenvalue weighted by atomic mass is 35.5. The Hall–Kier alpha value is -3.44. The lowest BCUT2D eigenvalue weighted by Crippen LogP contribution is -2.40. The van der Waals surface area contributed by atoms with Gasteiger partial charge in [0.05, 0.1) is 21.4 Å². The van der Waals surface area contributed by atoms with Gasteiger partial charge in [-0.05, 0) is 30.7 Å². The number of pyridine rings is 1. The van der Waals surface area contributed by atoms with Crippen LogP contribution in [-0.2, 0) is 11.3 Å². The number of carboxylic acid groups (broad SMARTS) is 1. The number of halogens is 1. The molecule has 4 aromatic rings. The summed E-state index contributed by atoms with van der Waals surface area (Å²) in [6, 6.07) is 19.7. The lowest BCUT2D eigenvalue weighted by molar-refractivity contribution is -0.633. The van der Waals surface area contributed by atoms with Gasteiger partial charge in [-0.3, -0.25) is 0 Å². The van der Waals surface area contributed by atoms with E-state index in [0.717, 1.165) is 5.56 Å². The maximum atomic E-state index is 13.3. The SMILES string of the molecule is Cc1cccc(Cl)c1OC(=O)c1c2ccccc2[n+](CC(=O)O)c2ccccc12. The van der Waals surface area contributed by atoms with Gasteiger partial charge in [0, 0.05) is 12.1 Å². The van der Waals surface area contributed by atoms with Gasteiger partial charge in [-0.2, -0.15) is 4.57 Å². The molecular weight excluding hydrogens is 390 g/mol. The summed E-state index contributed by atoms with van der Waals surface area (Å²) < 4.78 is 7.39. The van der Waals surface area contributed by atoms with Crippen LogP contribution in [0.2, 0.25) is 5.02 Å². The molecule has 29 heavy (non-hydrogen) atoms. The molecule has 6 heteroatoms. The summed E-state index contributed by atoms with van der Waals surface area (Å²) in [5, 5.41) is 11.0. The minimum Gasteiger partial charge on any atom is -0.477 e. The maximum absolute atomic E-state index is 13.3. The van der Waals surface area contributed by atoms with Crippen molar-refractivity contribution in [3.63, 3.8) is 0 Å². The normalized spacial score (nSPS) is 11.0. The molecule has 144 valence electrons. The zero-order valence-corrected chi connectivity index (χ0v) is 16.3. The summed E-state index contributed by atoms with van der Waals surface area (Å²) in [7, 11) is 0. The Bertz CT molecular complexity index is 1210. The van der Waals surface area contributed by atoms with Crippen molar-refractivity contribution in [2.75, 3.05) is 0 Å². The quantitative estimate of drug-likeness (QED) is 0.234. The third-order valence-electron chi connectivity index (χ3n) is 4.78. The van der Waals surface area contributed by atoms with Crippen LogP contribution in [0.3, 0.4) is 0 Å². The van der Waals surface area contributed by atoms with Gasteiger partial charge >= 0.3 is 11.9 Å². The van der Waals surface area contributed by atoms with Crippen LogP contribution in [0.1, 0.15) is 15.9 Å². The molecule has 0 aliphatic heterocycles. The van der Waals surface area contributed by atoms with Gasteiger partial charge in [0.15, 0.2) is 5.75 Å². The Morgan fingerprint density at radius 1 is 0.931 bits per heavy atom. The number of hydrogen-bond acceptors (Lipinski definition) is 3. The molecule has 0 spiro atoms. The first-order chi connectivity index (χ1) is 14.0. The first kappa shape index (κ1) is 18.9. The number of nitrogens with zero attached hydrogens (tertiary/aromatic N) is 1. The van der Waals surface area contributed by atoms with E-state index in [1.54, 1.807) is 53.1 Å². The summed E-state index contributed by atoms with van der Waals surface area (Å²) in [5.41, 5.74) is 2.39. The van der Waals surface area contributed by atoms with E-state index in [1.165, 1.54) is 0 Å². The van der Waals surface area contributed by atoms with E-state index in [4.69, 9.17) is 16.3 Å². The maximum Gasteiger partial charge on any atom is 0.370 e. The van der Waals surface area contributed by atoms with Crippen molar-refractivity contribution in [2.24, 2.45) is 0 Å². The fraction of sp³-hybridized carbons (Fsp3) is 0.0870. The van der Waals surface area contributed by atoms with Crippen LogP contribution >= 0.6 is 11.6 Å². The molecule has 4 rings (SSSR count). The number of esters is 1. The Morgan fingerprint density at radius 2 is 1.52 bits per heavy atom. The van der Waals surface area contributed by atoms with Gasteiger partial charge < -0.3 is 9.84 Å². The number of rotatable bonds is 4. The monoisotopic (exact) mass is 406 g/mol. The molecule has 0 radical (unpaired) electrons. The predicted octanol–water partition coefficient (Wildman–Crippen LogP) is 4.55. The average Bonchev–Trinajstić information content (AvgIpc) is 2.70. The minimum atomic E-state index is -0.965. The molecule has 0 amide bonds. The molecule has 0 aliphatic rings. The molecule has 0 atom stereocenters. The van der Waals surface area contributed by atoms with Gasteiger partial charge in [0.2, 0.25) is 17.6 Å². The van der Waals surface area contributed by atoms with E-state index in [1.807, 2.05) is 25.1 Å². The van der Waals surface area contributed by atoms with Crippen LogP contribution in [0.5, 0.6) is 5.75 Å². The van der Waals surface area contributed by atoms with E-state index in [0.29, 0.717) is 38.1 Å². The summed E-state index contributed by atoms with van der Waals surface area (Å²) in [5.74, 6) is -1.20. The van der Waals surface area contributed by atoms with Crippen LogP contribution in [0, 0.1) is 6.92 Å². The highest BCUT2D eigenvalue weighted by molar-refractivity contribution is 6.32. The molecular formula is C23H17ClNO4+. The second-order valence-corrected chi connectivity index (χ2v) is 7.07. The molecule has 0 bridgehead atoms. The van der Waals surface area contributed by atoms with Crippen molar-refractivity contribution >= 4 is 45.3 Å². The largest absolute Gasteiger partial charge is 0.477 e. The van der Waals surface area contributed by atoms with Gasteiger partial charge in [-0.1, -0.05) is 48.0 Å². The van der Waals surface area contributed by atoms with Crippen molar-refractivity contribution in [1.82, 2.24) is 0 Å². The van der Waals surface area contributed by atoms with E-state index in [-0.39, 0.29) is 6.54 Å². The average molecular weight is 407 g/mol. The lowest BCUT2D eigenvalue weighted by atomic mass is 10.0. The van der Waals surface area contributed by atoms with Crippen molar-refractivity contribution in [3.05, 3.63) is 82.9 Å². The Kier molecular flexibility index (Phi) is 4.91. The van der Waals surface area contributed by atoms with Gasteiger partial charge in [-0.25, -0.2) is 9.59 Å². The Balaban J connectivity index is 1.99. The summed E-state index contributed by atoms with van der Waals surface area (Å²) in [6.07, 6.45) is 0. The van der Waals surface area contributed by atoms with E-state index in [9.17, 15) is 14.7 Å². The van der Waals surface area contributed by atoms with E-state index < -0.39 is 11.9 Å². The number of carbonyl (C=O) groups excluding carboxylic acids is 1. The summed E-state index contributed by atoms with van der Waals surface area (Å²) in [4.78, 5) is 24.7. The van der Waals surface area contributed by atoms with Crippen molar-refractivity contribution in [1.29, 1.82) is 0 Å². The minimum absolute atomic E-state index is 0.222. The molecule has 0 aliphatic carbocycles. The number of carbonyl (C=O) groups is 2. The van der Waals surface area contributed by atoms with E-state index in [2.05, 4.69) is 0 Å². The molecule has 1 heterocycles. The number of aryl methyl sites for hydroxylation is 1. The first-order valence-electron chi connectivity index (χ1n) is 8.99. The number of fused-ring (bicyclic) bond motifs is 2. The summed E-state index contributed by atoms with van der Waals surface area (Å²) in [6.45, 7) is 1.59. The molecule has 0 saturated heterocycles. The third-order valence-corrected chi connectivity index (χ3v) is 5.08. The number of hydrogen-bond donors (Lipinski definition) is 1. The van der Waals surface area contributed by atoms with Crippen molar-refractivity contribution < 1.29 is 24.0 Å². The second kappa shape index (κ2) is 7.53. The predicted molar refractivity (Wildman–Crippen MR) is 110 cm³/mol. The lowest BCUT2D eigenvalue weighted by Gasteiger charge is -2.13. The second-order valence-electron chi connectivity index (χ2n) is 6.66. The zero-order chi connectivity index (χ0) is 20.5. The highest BCUT2D eigenvalue weighted by Crippen LogP contribution is 2.31. The number of benzene rings is 3. The van der Waals surface area contributed by atoms with Crippen molar-refractivity contribution in [2.45, 2.75) is 13.5 Å². The van der Waals surface area contributed by atoms with Crippen LogP contribution in [0.4, 0.5) is 0 Å². The van der Waals surface area contributed by atoms with Gasteiger partial charge in [0.1, 0.15) is 0 Å². The molecule has 5 nitrogen and oxygen atoms in total. The number of aromatic nitrogens is 1. The third kappa shape index (κ3) is 3.41. The Morgan fingerprint density at radius 3 is 2.07 bits per heavy atom. The van der Waals surface area contributed by atoms with Crippen LogP contribution < -0.4 is 9.30 Å². The number of carboxylic acids is 1. The van der Waals surface area contributed by atoms with Crippen LogP contribution in [0.25, 0.3) is 21.8 Å². The van der Waals surface area contributed by atoms with E-state index >= 15 is 0 Å². The highest BCUT2D eigenvalue weighted by Gasteiger charge is 2.27. The molecule has 0 saturated carbocycles. The number of para-hydroxylation sites is 3. The fourth-order valence-electron chi connectivity index (χ4n) is 3.53. The number of aliphatic carboxylic acids is 1. The molecule has 0 unspecified atom stereocenters. The molecule has 1 aromatic heterocycles. The first-order valence-corrected chi connectivity index (χ1v) is 9.37. The fourth-order valence-corrected chi connectivity index (χ4v) is 3.79. The van der Waals surface area contributed by atoms with Crippen LogP contribution in [0.15, 0.2) is 66.7 Å². The van der Waals surface area contributed by atoms with Crippen molar-refractivity contribution in [3.8, 4) is 5.75 Å². The Labute approximate surface area is 171 Å². The standard InChI is InChI=1S/C23H16ClNO4/c1-14-7-6-10-17(24)22(14)29-23(28)21-15-8-2-4-11-18(15)25(13-20(26)27)19-12-5-3-9-16(19)21/h2-12H,13H2,1H3/p+1. The van der Waals surface area contributed by atoms with Gasteiger partial charge in [0.25, 0.3) is 0 Å². The molecule has 3 aromatic carbocycles.